The van der Waals surface area contributed by atoms with Gasteiger partial charge in [0.25, 0.3) is 0 Å². The molecule has 2 nitrogen and oxygen atoms in total. The second kappa shape index (κ2) is 8.55. The first-order valence-corrected chi connectivity index (χ1v) is 4.82. The van der Waals surface area contributed by atoms with Crippen molar-refractivity contribution in [1.82, 2.24) is 0 Å². The van der Waals surface area contributed by atoms with Crippen molar-refractivity contribution in [3.8, 4) is 6.07 Å². The van der Waals surface area contributed by atoms with Gasteiger partial charge in [0.1, 0.15) is 6.10 Å². The van der Waals surface area contributed by atoms with Crippen LogP contribution in [0.5, 0.6) is 0 Å². The molecule has 0 rings (SSSR count). The number of hydrogen-bond donors (Lipinski definition) is 0. The van der Waals surface area contributed by atoms with Crippen molar-refractivity contribution < 1.29 is 4.74 Å². The lowest BCUT2D eigenvalue weighted by atomic mass is 10.2. The number of nitriles is 1. The molecular weight excluding hydrogens is 150 g/mol. The monoisotopic (exact) mass is 169 g/mol. The van der Waals surface area contributed by atoms with Crippen LogP contribution in [0.25, 0.3) is 0 Å². The molecule has 12 heavy (non-hydrogen) atoms. The second-order valence-electron chi connectivity index (χ2n) is 3.06. The summed E-state index contributed by atoms with van der Waals surface area (Å²) in [4.78, 5) is 0. The number of ether oxygens (including phenoxy) is 1. The van der Waals surface area contributed by atoms with Crippen LogP contribution in [0.1, 0.15) is 46.0 Å². The van der Waals surface area contributed by atoms with Gasteiger partial charge in [-0.2, -0.15) is 5.26 Å². The number of unbranched alkanes of at least 4 members (excludes halogenated alkanes) is 4. The number of nitrogens with zero attached hydrogens (tertiary/aromatic N) is 1. The van der Waals surface area contributed by atoms with E-state index in [1.807, 2.05) is 6.07 Å². The molecule has 0 spiro atoms. The lowest BCUT2D eigenvalue weighted by Gasteiger charge is -2.04. The molecule has 0 aliphatic carbocycles. The largest absolute Gasteiger partial charge is 0.364 e. The first-order chi connectivity index (χ1) is 5.81. The molecule has 0 saturated heterocycles. The molecule has 0 aliphatic rings. The topological polar surface area (TPSA) is 33.0 Å². The summed E-state index contributed by atoms with van der Waals surface area (Å²) in [6.45, 7) is 4.72. The van der Waals surface area contributed by atoms with E-state index in [2.05, 4.69) is 6.92 Å². The quantitative estimate of drug-likeness (QED) is 0.549. The van der Waals surface area contributed by atoms with E-state index in [1.54, 1.807) is 6.92 Å². The van der Waals surface area contributed by atoms with Gasteiger partial charge in [-0.1, -0.05) is 32.6 Å². The molecule has 0 radical (unpaired) electrons. The van der Waals surface area contributed by atoms with E-state index < -0.39 is 0 Å². The molecule has 0 N–H and O–H groups in total. The summed E-state index contributed by atoms with van der Waals surface area (Å²) >= 11 is 0. The van der Waals surface area contributed by atoms with E-state index in [0.717, 1.165) is 13.0 Å². The molecule has 0 aromatic rings. The third-order valence-corrected chi connectivity index (χ3v) is 1.80. The Labute approximate surface area is 75.5 Å². The summed E-state index contributed by atoms with van der Waals surface area (Å²) in [5, 5.41) is 8.40. The lowest BCUT2D eigenvalue weighted by molar-refractivity contribution is 0.0985. The molecule has 2 heteroatoms. The van der Waals surface area contributed by atoms with Gasteiger partial charge in [0, 0.05) is 6.61 Å². The van der Waals surface area contributed by atoms with Crippen molar-refractivity contribution >= 4 is 0 Å². The molecule has 1 unspecified atom stereocenters. The van der Waals surface area contributed by atoms with Crippen molar-refractivity contribution in [3.05, 3.63) is 0 Å². The predicted molar refractivity (Wildman–Crippen MR) is 49.8 cm³/mol. The fourth-order valence-corrected chi connectivity index (χ4v) is 1.00. The zero-order valence-corrected chi connectivity index (χ0v) is 8.18. The Bertz CT molecular complexity index is 128. The van der Waals surface area contributed by atoms with Crippen LogP contribution < -0.4 is 0 Å². The van der Waals surface area contributed by atoms with Gasteiger partial charge in [-0.25, -0.2) is 0 Å². The van der Waals surface area contributed by atoms with Crippen LogP contribution in [0.15, 0.2) is 0 Å². The predicted octanol–water partition coefficient (Wildman–Crippen LogP) is 2.89. The van der Waals surface area contributed by atoms with Gasteiger partial charge in [-0.05, 0) is 13.3 Å². The minimum atomic E-state index is -0.240. The first kappa shape index (κ1) is 11.4. The molecule has 1 atom stereocenters. The molecular formula is C10H19NO. The highest BCUT2D eigenvalue weighted by Crippen LogP contribution is 2.02. The van der Waals surface area contributed by atoms with Crippen molar-refractivity contribution in [2.24, 2.45) is 0 Å². The molecule has 0 amide bonds. The number of rotatable bonds is 7. The molecule has 0 aromatic carbocycles. The Balaban J connectivity index is 2.96. The molecule has 0 aromatic heterocycles. The van der Waals surface area contributed by atoms with Gasteiger partial charge < -0.3 is 4.74 Å². The Hall–Kier alpha value is -0.550. The Morgan fingerprint density at radius 2 is 1.92 bits per heavy atom. The van der Waals surface area contributed by atoms with E-state index in [0.29, 0.717) is 0 Å². The molecule has 0 fully saturated rings. The average molecular weight is 169 g/mol. The van der Waals surface area contributed by atoms with Crippen molar-refractivity contribution in [3.63, 3.8) is 0 Å². The average Bonchev–Trinajstić information content (AvgIpc) is 2.10. The smallest absolute Gasteiger partial charge is 0.141 e. The summed E-state index contributed by atoms with van der Waals surface area (Å²) in [7, 11) is 0. The van der Waals surface area contributed by atoms with Crippen molar-refractivity contribution in [1.29, 1.82) is 5.26 Å². The third-order valence-electron chi connectivity index (χ3n) is 1.80. The zero-order chi connectivity index (χ0) is 9.23. The van der Waals surface area contributed by atoms with Gasteiger partial charge in [0.2, 0.25) is 0 Å². The molecule has 0 bridgehead atoms. The van der Waals surface area contributed by atoms with E-state index in [1.165, 1.54) is 25.7 Å². The summed E-state index contributed by atoms with van der Waals surface area (Å²) in [6, 6.07) is 2.04. The van der Waals surface area contributed by atoms with Gasteiger partial charge in [-0.15, -0.1) is 0 Å². The molecule has 0 heterocycles. The zero-order valence-electron chi connectivity index (χ0n) is 8.18. The van der Waals surface area contributed by atoms with E-state index >= 15 is 0 Å². The summed E-state index contributed by atoms with van der Waals surface area (Å²) < 4.78 is 5.21. The van der Waals surface area contributed by atoms with Crippen LogP contribution in [0, 0.1) is 11.3 Å². The van der Waals surface area contributed by atoms with Crippen LogP contribution in [0.2, 0.25) is 0 Å². The fraction of sp³-hybridized carbons (Fsp3) is 0.900. The summed E-state index contributed by atoms with van der Waals surface area (Å²) in [6.07, 6.45) is 5.96. The standard InChI is InChI=1S/C10H19NO/c1-3-4-5-6-7-8-12-10(2)9-11/h10H,3-8H2,1-2H3. The Kier molecular flexibility index (Phi) is 8.15. The Morgan fingerprint density at radius 3 is 2.50 bits per heavy atom. The van der Waals surface area contributed by atoms with Gasteiger partial charge in [0.05, 0.1) is 6.07 Å². The van der Waals surface area contributed by atoms with E-state index in [-0.39, 0.29) is 6.10 Å². The summed E-state index contributed by atoms with van der Waals surface area (Å²) in [5.74, 6) is 0. The highest BCUT2D eigenvalue weighted by Gasteiger charge is 1.96. The normalized spacial score (nSPS) is 12.4. The van der Waals surface area contributed by atoms with Gasteiger partial charge in [0.15, 0.2) is 0 Å². The van der Waals surface area contributed by atoms with E-state index in [4.69, 9.17) is 10.00 Å². The SMILES string of the molecule is CCCCCCCOC(C)C#N. The third kappa shape index (κ3) is 7.56. The van der Waals surface area contributed by atoms with Gasteiger partial charge in [-0.3, -0.25) is 0 Å². The second-order valence-corrected chi connectivity index (χ2v) is 3.06. The van der Waals surface area contributed by atoms with Crippen LogP contribution >= 0.6 is 0 Å². The summed E-state index contributed by atoms with van der Waals surface area (Å²) in [5.41, 5.74) is 0. The van der Waals surface area contributed by atoms with Crippen LogP contribution in [0.3, 0.4) is 0 Å². The highest BCUT2D eigenvalue weighted by atomic mass is 16.5. The highest BCUT2D eigenvalue weighted by molar-refractivity contribution is 4.78. The van der Waals surface area contributed by atoms with Crippen molar-refractivity contribution in [2.45, 2.75) is 52.1 Å². The van der Waals surface area contributed by atoms with Crippen LogP contribution in [-0.4, -0.2) is 12.7 Å². The van der Waals surface area contributed by atoms with Crippen LogP contribution in [0.4, 0.5) is 0 Å². The van der Waals surface area contributed by atoms with Crippen LogP contribution in [-0.2, 0) is 4.74 Å². The molecule has 0 aliphatic heterocycles. The minimum Gasteiger partial charge on any atom is -0.364 e. The Morgan fingerprint density at radius 1 is 1.25 bits per heavy atom. The first-order valence-electron chi connectivity index (χ1n) is 4.82. The van der Waals surface area contributed by atoms with E-state index in [9.17, 15) is 0 Å². The molecule has 0 saturated carbocycles. The van der Waals surface area contributed by atoms with Gasteiger partial charge >= 0.3 is 0 Å². The maximum absolute atomic E-state index is 8.40. The maximum atomic E-state index is 8.40. The molecule has 70 valence electrons. The lowest BCUT2D eigenvalue weighted by Crippen LogP contribution is -2.05. The number of hydrogen-bond acceptors (Lipinski definition) is 2. The van der Waals surface area contributed by atoms with Crippen molar-refractivity contribution in [2.75, 3.05) is 6.61 Å². The maximum Gasteiger partial charge on any atom is 0.141 e. The minimum absolute atomic E-state index is 0.240. The fourth-order valence-electron chi connectivity index (χ4n) is 1.00.